The number of aliphatic hydroxyl groups is 1. The molecule has 3 aromatic heterocycles. The van der Waals surface area contributed by atoms with Crippen molar-refractivity contribution in [3.8, 4) is 0 Å². The van der Waals surface area contributed by atoms with Crippen LogP contribution >= 0.6 is 38.2 Å². The first kappa shape index (κ1) is 45.3. The van der Waals surface area contributed by atoms with Crippen molar-refractivity contribution in [2.24, 2.45) is 0 Å². The van der Waals surface area contributed by atoms with Crippen LogP contribution in [0.15, 0.2) is 66.6 Å². The van der Waals surface area contributed by atoms with Gasteiger partial charge in [-0.05, 0) is 46.7 Å². The maximum absolute atomic E-state index is 14.0. The Morgan fingerprint density at radius 1 is 1.07 bits per heavy atom. The second-order valence-electron chi connectivity index (χ2n) is 13.4. The van der Waals surface area contributed by atoms with Gasteiger partial charge in [-0.25, -0.2) is 33.7 Å². The molecule has 2 aliphatic rings. The van der Waals surface area contributed by atoms with E-state index < -0.39 is 95.4 Å². The third-order valence-electron chi connectivity index (χ3n) is 9.22. The Labute approximate surface area is 353 Å². The van der Waals surface area contributed by atoms with Gasteiger partial charge in [0.1, 0.15) is 54.3 Å². The van der Waals surface area contributed by atoms with Gasteiger partial charge in [-0.2, -0.15) is 4.98 Å². The standard InChI is InChI=1S/C33H40IN9O15P2/c1-2-3-8-24(44)40-19(11-17-6-4-5-7-18(17)34)32(46)57-28-22(56-31(27(28)45)43-16-39-26-29(36)37-15-38-30(26)43)14-54-60(51,52)58-20-12-25(42-10-9-23(35)41-33(42)47)55-21(20)13-53-59(48,49)50/h2,4-7,9-10,15-16,19-22,25,27-28,31,45H,1,3,8,11-14H2,(H,40,44)(H,51,52)(H2,35,41,47)(H2,36,37,38)(H2,48,49,50)/t19-,20+,21-,22+,25-,27-,28-,31-/m1/s1. The molecule has 6 rings (SSSR count). The van der Waals surface area contributed by atoms with Gasteiger partial charge < -0.3 is 50.8 Å². The number of nitrogens with zero attached hydrogens (tertiary/aromatic N) is 6. The van der Waals surface area contributed by atoms with Gasteiger partial charge in [0.2, 0.25) is 5.91 Å². The average Bonchev–Trinajstić information content (AvgIpc) is 3.88. The van der Waals surface area contributed by atoms with Crippen molar-refractivity contribution in [2.75, 3.05) is 24.7 Å². The van der Waals surface area contributed by atoms with Gasteiger partial charge >= 0.3 is 27.3 Å². The third kappa shape index (κ3) is 11.2. The first-order valence-electron chi connectivity index (χ1n) is 17.9. The zero-order chi connectivity index (χ0) is 43.4. The van der Waals surface area contributed by atoms with Gasteiger partial charge in [-0.1, -0.05) is 24.3 Å². The Morgan fingerprint density at radius 2 is 1.82 bits per heavy atom. The fourth-order valence-corrected chi connectivity index (χ4v) is 8.30. The number of halogens is 1. The summed E-state index contributed by atoms with van der Waals surface area (Å²) in [6.45, 7) is 1.89. The van der Waals surface area contributed by atoms with Crippen molar-refractivity contribution in [3.63, 3.8) is 0 Å². The van der Waals surface area contributed by atoms with Crippen LogP contribution in [0.2, 0.25) is 0 Å². The van der Waals surface area contributed by atoms with Crippen molar-refractivity contribution in [2.45, 2.75) is 74.7 Å². The van der Waals surface area contributed by atoms with Gasteiger partial charge in [-0.15, -0.1) is 6.58 Å². The Bertz CT molecular complexity index is 2370. The SMILES string of the molecule is C=CCCC(=O)N[C@H](Cc1ccccc1I)C(=O)O[C@H]1[C@@H](O)[C@H](n2cnc3c(N)ncnc32)O[C@H]1COP(=O)(O)O[C@H]1C[C@H](n2ccc(N)nc2=O)O[C@@H]1COP(=O)(O)O. The lowest BCUT2D eigenvalue weighted by Gasteiger charge is -2.26. The molecule has 0 saturated carbocycles. The minimum atomic E-state index is -5.22. The van der Waals surface area contributed by atoms with Crippen LogP contribution in [0.5, 0.6) is 0 Å². The number of fused-ring (bicyclic) bond motifs is 1. The quantitative estimate of drug-likeness (QED) is 0.0311. The summed E-state index contributed by atoms with van der Waals surface area (Å²) >= 11 is 2.08. The van der Waals surface area contributed by atoms with Gasteiger partial charge in [0.15, 0.2) is 23.8 Å². The Balaban J connectivity index is 1.24. The number of imidazole rings is 1. The second-order valence-corrected chi connectivity index (χ2v) is 17.2. The molecule has 27 heteroatoms. The number of esters is 1. The molecule has 0 spiro atoms. The number of aliphatic hydroxyl groups excluding tert-OH is 1. The van der Waals surface area contributed by atoms with Crippen molar-refractivity contribution < 1.29 is 66.3 Å². The predicted octanol–water partition coefficient (Wildman–Crippen LogP) is 0.615. The van der Waals surface area contributed by atoms with E-state index in [0.29, 0.717) is 12.0 Å². The molecule has 60 heavy (non-hydrogen) atoms. The second kappa shape index (κ2) is 19.2. The van der Waals surface area contributed by atoms with E-state index in [0.717, 1.165) is 14.5 Å². The van der Waals surface area contributed by atoms with E-state index in [2.05, 4.69) is 58.9 Å². The lowest BCUT2D eigenvalue weighted by Crippen LogP contribution is -2.47. The molecule has 4 aromatic rings. The Hall–Kier alpha value is -4.24. The summed E-state index contributed by atoms with van der Waals surface area (Å²) < 4.78 is 61.1. The van der Waals surface area contributed by atoms with Crippen LogP contribution in [0, 0.1) is 3.57 Å². The molecular weight excluding hydrogens is 951 g/mol. The molecular formula is C33H40IN9O15P2. The topological polar surface area (TPSA) is 347 Å². The fourth-order valence-electron chi connectivity index (χ4n) is 6.40. The van der Waals surface area contributed by atoms with Crippen LogP contribution in [0.1, 0.15) is 37.3 Å². The molecule has 1 amide bonds. The van der Waals surface area contributed by atoms with Gasteiger partial charge in [0, 0.05) is 29.0 Å². The van der Waals surface area contributed by atoms with Crippen LogP contribution < -0.4 is 22.5 Å². The first-order chi connectivity index (χ1) is 28.4. The molecule has 1 unspecified atom stereocenters. The molecule has 0 aliphatic carbocycles. The number of phosphoric acid groups is 2. The summed E-state index contributed by atoms with van der Waals surface area (Å²) in [6, 6.07) is 7.14. The van der Waals surface area contributed by atoms with Crippen molar-refractivity contribution in [1.82, 2.24) is 34.4 Å². The number of rotatable bonds is 18. The number of nitrogen functional groups attached to an aromatic ring is 2. The number of amides is 1. The monoisotopic (exact) mass is 991 g/mol. The molecule has 0 radical (unpaired) electrons. The summed E-state index contributed by atoms with van der Waals surface area (Å²) in [5, 5.41) is 14.4. The molecule has 9 N–H and O–H groups in total. The number of ether oxygens (including phenoxy) is 3. The summed E-state index contributed by atoms with van der Waals surface area (Å²) in [4.78, 5) is 84.8. The number of hydrogen-bond donors (Lipinski definition) is 7. The molecule has 324 valence electrons. The average molecular weight is 992 g/mol. The zero-order valence-electron chi connectivity index (χ0n) is 31.2. The number of carbonyl (C=O) groups is 2. The van der Waals surface area contributed by atoms with E-state index in [1.807, 2.05) is 6.07 Å². The minimum Gasteiger partial charge on any atom is -0.455 e. The summed E-state index contributed by atoms with van der Waals surface area (Å²) in [7, 11) is -10.3. The normalized spacial score (nSPS) is 24.5. The maximum Gasteiger partial charge on any atom is 0.472 e. The molecule has 2 aliphatic heterocycles. The van der Waals surface area contributed by atoms with E-state index >= 15 is 0 Å². The summed E-state index contributed by atoms with van der Waals surface area (Å²) in [5.74, 6) is -1.56. The largest absolute Gasteiger partial charge is 0.472 e. The molecule has 5 heterocycles. The molecule has 2 saturated heterocycles. The zero-order valence-corrected chi connectivity index (χ0v) is 35.1. The van der Waals surface area contributed by atoms with E-state index in [1.165, 1.54) is 23.2 Å². The van der Waals surface area contributed by atoms with Crippen LogP contribution in [-0.4, -0.2) is 111 Å². The smallest absolute Gasteiger partial charge is 0.455 e. The number of phosphoric ester groups is 2. The van der Waals surface area contributed by atoms with Gasteiger partial charge in [0.25, 0.3) is 0 Å². The number of allylic oxidation sites excluding steroid dienone is 1. The first-order valence-corrected chi connectivity index (χ1v) is 22.0. The fraction of sp³-hybridized carbons (Fsp3) is 0.424. The number of benzene rings is 1. The molecule has 9 atom stereocenters. The molecule has 24 nitrogen and oxygen atoms in total. The summed E-state index contributed by atoms with van der Waals surface area (Å²) in [5.41, 5.74) is 11.6. The third-order valence-corrected chi connectivity index (χ3v) is 11.8. The lowest BCUT2D eigenvalue weighted by molar-refractivity contribution is -0.160. The highest BCUT2D eigenvalue weighted by atomic mass is 127. The molecule has 1 aromatic carbocycles. The molecule has 0 bridgehead atoms. The van der Waals surface area contributed by atoms with E-state index in [-0.39, 0.29) is 42.1 Å². The predicted molar refractivity (Wildman–Crippen MR) is 214 cm³/mol. The molecule has 2 fully saturated rings. The minimum absolute atomic E-state index is 0.00994. The number of aromatic nitrogens is 6. The number of nitrogens with one attached hydrogen (secondary N) is 1. The van der Waals surface area contributed by atoms with Crippen LogP contribution in [-0.2, 0) is 52.9 Å². The van der Waals surface area contributed by atoms with E-state index in [4.69, 9.17) is 34.7 Å². The highest BCUT2D eigenvalue weighted by Gasteiger charge is 2.50. The van der Waals surface area contributed by atoms with Crippen molar-refractivity contribution >= 4 is 72.9 Å². The van der Waals surface area contributed by atoms with Gasteiger partial charge in [0.05, 0.1) is 19.5 Å². The van der Waals surface area contributed by atoms with Crippen LogP contribution in [0.25, 0.3) is 11.2 Å². The van der Waals surface area contributed by atoms with Crippen molar-refractivity contribution in [1.29, 1.82) is 0 Å². The lowest BCUT2D eigenvalue weighted by atomic mass is 10.0. The maximum atomic E-state index is 14.0. The Kier molecular flexibility index (Phi) is 14.5. The summed E-state index contributed by atoms with van der Waals surface area (Å²) in [6.07, 6.45) is -5.24. The van der Waals surface area contributed by atoms with E-state index in [1.54, 1.807) is 24.3 Å². The van der Waals surface area contributed by atoms with E-state index in [9.17, 15) is 43.3 Å². The van der Waals surface area contributed by atoms with Gasteiger partial charge in [-0.3, -0.25) is 27.5 Å². The number of anilines is 2. The highest BCUT2D eigenvalue weighted by Crippen LogP contribution is 2.50. The number of carbonyl (C=O) groups excluding carboxylic acids is 2. The van der Waals surface area contributed by atoms with Crippen LogP contribution in [0.3, 0.4) is 0 Å². The number of nitrogens with two attached hydrogens (primary N) is 2. The highest BCUT2D eigenvalue weighted by molar-refractivity contribution is 14.1. The number of hydrogen-bond acceptors (Lipinski definition) is 18. The Morgan fingerprint density at radius 3 is 2.53 bits per heavy atom. The van der Waals surface area contributed by atoms with Crippen LogP contribution in [0.4, 0.5) is 11.6 Å². The van der Waals surface area contributed by atoms with Crippen molar-refractivity contribution in [3.05, 3.63) is 81.5 Å².